The molecule has 20 heavy (non-hydrogen) atoms. The molecule has 4 nitrogen and oxygen atoms in total. The van der Waals surface area contributed by atoms with Crippen molar-refractivity contribution in [3.8, 4) is 0 Å². The lowest BCUT2D eigenvalue weighted by molar-refractivity contribution is 0.369. The van der Waals surface area contributed by atoms with Gasteiger partial charge in [-0.3, -0.25) is 0 Å². The third-order valence-electron chi connectivity index (χ3n) is 3.64. The van der Waals surface area contributed by atoms with Crippen molar-refractivity contribution in [2.45, 2.75) is 64.6 Å². The van der Waals surface area contributed by atoms with Gasteiger partial charge in [0.05, 0.1) is 0 Å². The molecule has 0 aliphatic carbocycles. The highest BCUT2D eigenvalue weighted by atomic mass is 32.2. The second-order valence-electron chi connectivity index (χ2n) is 6.77. The van der Waals surface area contributed by atoms with Gasteiger partial charge in [0.15, 0.2) is 5.16 Å². The van der Waals surface area contributed by atoms with Gasteiger partial charge in [0.25, 0.3) is 0 Å². The van der Waals surface area contributed by atoms with Crippen molar-refractivity contribution in [2.24, 2.45) is 5.41 Å². The predicted octanol–water partition coefficient (Wildman–Crippen LogP) is 3.12. The Bertz CT molecular complexity index is 408. The fraction of sp³-hybridized carbons (Fsp3) is 0.867. The van der Waals surface area contributed by atoms with Gasteiger partial charge >= 0.3 is 0 Å². The highest BCUT2D eigenvalue weighted by Crippen LogP contribution is 2.21. The number of hydrogen-bond donors (Lipinski definition) is 1. The van der Waals surface area contributed by atoms with Crippen LogP contribution in [-0.2, 0) is 13.0 Å². The van der Waals surface area contributed by atoms with Crippen LogP contribution in [0.15, 0.2) is 5.16 Å². The van der Waals surface area contributed by atoms with Crippen LogP contribution in [0.5, 0.6) is 0 Å². The predicted molar refractivity (Wildman–Crippen MR) is 85.2 cm³/mol. The van der Waals surface area contributed by atoms with Crippen molar-refractivity contribution in [1.82, 2.24) is 20.1 Å². The quantitative estimate of drug-likeness (QED) is 0.647. The number of nitrogens with zero attached hydrogens (tertiary/aromatic N) is 3. The average Bonchev–Trinajstić information content (AvgIpc) is 2.60. The van der Waals surface area contributed by atoms with Gasteiger partial charge in [-0.1, -0.05) is 39.0 Å². The fourth-order valence-electron chi connectivity index (χ4n) is 2.37. The molecule has 1 aliphatic rings. The highest BCUT2D eigenvalue weighted by molar-refractivity contribution is 7.99. The fourth-order valence-corrected chi connectivity index (χ4v) is 3.25. The Morgan fingerprint density at radius 2 is 2.00 bits per heavy atom. The van der Waals surface area contributed by atoms with Crippen LogP contribution in [0.1, 0.15) is 52.3 Å². The topological polar surface area (TPSA) is 42.7 Å². The minimum absolute atomic E-state index is 0.421. The lowest BCUT2D eigenvalue weighted by Gasteiger charge is -2.17. The van der Waals surface area contributed by atoms with E-state index in [4.69, 9.17) is 0 Å². The van der Waals surface area contributed by atoms with E-state index in [0.717, 1.165) is 37.0 Å². The number of aromatic nitrogens is 3. The highest BCUT2D eigenvalue weighted by Gasteiger charge is 2.14. The zero-order chi connectivity index (χ0) is 14.4. The van der Waals surface area contributed by atoms with Gasteiger partial charge in [-0.2, -0.15) is 0 Å². The molecule has 1 aromatic rings. The summed E-state index contributed by atoms with van der Waals surface area (Å²) in [5.41, 5.74) is 0.421. The van der Waals surface area contributed by atoms with Crippen molar-refractivity contribution >= 4 is 11.8 Å². The molecule has 0 aromatic carbocycles. The molecule has 2 heterocycles. The first kappa shape index (κ1) is 15.8. The number of aryl methyl sites for hydroxylation is 1. The van der Waals surface area contributed by atoms with E-state index in [1.807, 2.05) is 11.8 Å². The van der Waals surface area contributed by atoms with Gasteiger partial charge in [0.2, 0.25) is 0 Å². The molecule has 1 aliphatic heterocycles. The van der Waals surface area contributed by atoms with Gasteiger partial charge in [-0.05, 0) is 31.2 Å². The third kappa shape index (κ3) is 5.09. The van der Waals surface area contributed by atoms with E-state index in [1.165, 1.54) is 31.5 Å². The van der Waals surface area contributed by atoms with Gasteiger partial charge < -0.3 is 9.88 Å². The van der Waals surface area contributed by atoms with E-state index in [2.05, 4.69) is 40.9 Å². The summed E-state index contributed by atoms with van der Waals surface area (Å²) in [4.78, 5) is 0. The van der Waals surface area contributed by atoms with Crippen molar-refractivity contribution in [2.75, 3.05) is 18.8 Å². The first-order chi connectivity index (χ1) is 9.56. The zero-order valence-corrected chi connectivity index (χ0v) is 13.9. The standard InChI is InChI=1S/C15H28N4S/c1-15(2,3)8-9-16-10-12-20-14-18-17-13-7-5-4-6-11-19(13)14/h16H,4-12H2,1-3H3. The molecule has 0 fully saturated rings. The summed E-state index contributed by atoms with van der Waals surface area (Å²) in [5.74, 6) is 2.26. The molecule has 1 N–H and O–H groups in total. The number of thioether (sulfide) groups is 1. The summed E-state index contributed by atoms with van der Waals surface area (Å²) < 4.78 is 2.33. The van der Waals surface area contributed by atoms with Crippen molar-refractivity contribution in [1.29, 1.82) is 0 Å². The van der Waals surface area contributed by atoms with E-state index in [9.17, 15) is 0 Å². The normalized spacial score (nSPS) is 15.9. The second-order valence-corrected chi connectivity index (χ2v) is 7.83. The number of nitrogens with one attached hydrogen (secondary N) is 1. The van der Waals surface area contributed by atoms with Crippen molar-refractivity contribution < 1.29 is 0 Å². The summed E-state index contributed by atoms with van der Waals surface area (Å²) in [6.07, 6.45) is 6.16. The smallest absolute Gasteiger partial charge is 0.191 e. The Balaban J connectivity index is 1.68. The summed E-state index contributed by atoms with van der Waals surface area (Å²) in [7, 11) is 0. The first-order valence-electron chi connectivity index (χ1n) is 7.82. The molecule has 114 valence electrons. The molecule has 0 unspecified atom stereocenters. The largest absolute Gasteiger partial charge is 0.316 e. The molecule has 0 radical (unpaired) electrons. The molecular formula is C15H28N4S. The summed E-state index contributed by atoms with van der Waals surface area (Å²) in [6, 6.07) is 0. The molecule has 2 rings (SSSR count). The minimum Gasteiger partial charge on any atom is -0.316 e. The van der Waals surface area contributed by atoms with Gasteiger partial charge in [-0.15, -0.1) is 10.2 Å². The lowest BCUT2D eigenvalue weighted by Crippen LogP contribution is -2.22. The molecule has 0 saturated carbocycles. The zero-order valence-electron chi connectivity index (χ0n) is 13.1. The van der Waals surface area contributed by atoms with E-state index < -0.39 is 0 Å². The lowest BCUT2D eigenvalue weighted by atomic mass is 9.92. The summed E-state index contributed by atoms with van der Waals surface area (Å²) in [5, 5.41) is 13.3. The van der Waals surface area contributed by atoms with Gasteiger partial charge in [0.1, 0.15) is 5.82 Å². The monoisotopic (exact) mass is 296 g/mol. The number of fused-ring (bicyclic) bond motifs is 1. The molecular weight excluding hydrogens is 268 g/mol. The maximum atomic E-state index is 4.34. The summed E-state index contributed by atoms with van der Waals surface area (Å²) in [6.45, 7) is 10.1. The maximum absolute atomic E-state index is 4.34. The molecule has 0 saturated heterocycles. The van der Waals surface area contributed by atoms with Crippen LogP contribution in [0.2, 0.25) is 0 Å². The van der Waals surface area contributed by atoms with Crippen LogP contribution in [0.25, 0.3) is 0 Å². The molecule has 0 amide bonds. The Morgan fingerprint density at radius 1 is 1.15 bits per heavy atom. The third-order valence-corrected chi connectivity index (χ3v) is 4.61. The molecule has 0 spiro atoms. The van der Waals surface area contributed by atoms with Gasteiger partial charge in [-0.25, -0.2) is 0 Å². The van der Waals surface area contributed by atoms with Crippen molar-refractivity contribution in [3.63, 3.8) is 0 Å². The van der Waals surface area contributed by atoms with E-state index in [-0.39, 0.29) is 0 Å². The molecule has 0 bridgehead atoms. The second kappa shape index (κ2) is 7.46. The number of rotatable bonds is 6. The van der Waals surface area contributed by atoms with E-state index >= 15 is 0 Å². The molecule has 5 heteroatoms. The van der Waals surface area contributed by atoms with Crippen LogP contribution in [0, 0.1) is 5.41 Å². The molecule has 1 aromatic heterocycles. The van der Waals surface area contributed by atoms with Crippen LogP contribution in [0.3, 0.4) is 0 Å². The Hall–Kier alpha value is -0.550. The van der Waals surface area contributed by atoms with Crippen LogP contribution < -0.4 is 5.32 Å². The van der Waals surface area contributed by atoms with Gasteiger partial charge in [0, 0.05) is 25.3 Å². The Morgan fingerprint density at radius 3 is 2.80 bits per heavy atom. The van der Waals surface area contributed by atoms with E-state index in [1.54, 1.807) is 0 Å². The average molecular weight is 296 g/mol. The SMILES string of the molecule is CC(C)(C)CCNCCSc1nnc2n1CCCCC2. The van der Waals surface area contributed by atoms with Crippen molar-refractivity contribution in [3.05, 3.63) is 5.82 Å². The minimum atomic E-state index is 0.421. The number of hydrogen-bond acceptors (Lipinski definition) is 4. The van der Waals surface area contributed by atoms with Crippen LogP contribution >= 0.6 is 11.8 Å². The van der Waals surface area contributed by atoms with Crippen LogP contribution in [0.4, 0.5) is 0 Å². The molecule has 0 atom stereocenters. The summed E-state index contributed by atoms with van der Waals surface area (Å²) >= 11 is 1.84. The Kier molecular flexibility index (Phi) is 5.90. The first-order valence-corrected chi connectivity index (χ1v) is 8.80. The van der Waals surface area contributed by atoms with E-state index in [0.29, 0.717) is 5.41 Å². The van der Waals surface area contributed by atoms with Crippen LogP contribution in [-0.4, -0.2) is 33.6 Å². The maximum Gasteiger partial charge on any atom is 0.191 e. The Labute approximate surface area is 127 Å².